The molecule has 0 bridgehead atoms. The van der Waals surface area contributed by atoms with Crippen molar-refractivity contribution in [2.45, 2.75) is 39.0 Å². The van der Waals surface area contributed by atoms with Crippen molar-refractivity contribution in [3.05, 3.63) is 11.6 Å². The SMILES string of the molecule is C/C(=C\C(N)=S)CC1CCCC1. The zero-order chi connectivity index (χ0) is 8.97. The Morgan fingerprint density at radius 3 is 2.58 bits per heavy atom. The topological polar surface area (TPSA) is 26.0 Å². The molecule has 0 aromatic rings. The number of rotatable bonds is 3. The lowest BCUT2D eigenvalue weighted by Gasteiger charge is -2.08. The van der Waals surface area contributed by atoms with Gasteiger partial charge in [-0.2, -0.15) is 0 Å². The first-order valence-corrected chi connectivity index (χ1v) is 5.06. The van der Waals surface area contributed by atoms with Crippen LogP contribution < -0.4 is 5.73 Å². The molecule has 0 radical (unpaired) electrons. The number of hydrogen-bond donors (Lipinski definition) is 1. The summed E-state index contributed by atoms with van der Waals surface area (Å²) < 4.78 is 0. The van der Waals surface area contributed by atoms with Gasteiger partial charge in [-0.3, -0.25) is 0 Å². The van der Waals surface area contributed by atoms with Crippen LogP contribution in [-0.2, 0) is 0 Å². The van der Waals surface area contributed by atoms with E-state index in [2.05, 4.69) is 6.92 Å². The summed E-state index contributed by atoms with van der Waals surface area (Å²) in [6.07, 6.45) is 8.71. The molecule has 68 valence electrons. The highest BCUT2D eigenvalue weighted by Crippen LogP contribution is 2.29. The van der Waals surface area contributed by atoms with Crippen LogP contribution in [0.4, 0.5) is 0 Å². The summed E-state index contributed by atoms with van der Waals surface area (Å²) in [5.74, 6) is 0.899. The lowest BCUT2D eigenvalue weighted by atomic mass is 9.99. The van der Waals surface area contributed by atoms with Gasteiger partial charge in [0.1, 0.15) is 0 Å². The van der Waals surface area contributed by atoms with Crippen LogP contribution >= 0.6 is 12.2 Å². The second kappa shape index (κ2) is 4.61. The molecule has 0 aromatic heterocycles. The summed E-state index contributed by atoms with van der Waals surface area (Å²) in [5.41, 5.74) is 6.76. The number of nitrogens with two attached hydrogens (primary N) is 1. The zero-order valence-corrected chi connectivity index (χ0v) is 8.49. The van der Waals surface area contributed by atoms with E-state index in [-0.39, 0.29) is 0 Å². The van der Waals surface area contributed by atoms with Crippen molar-refractivity contribution in [3.63, 3.8) is 0 Å². The summed E-state index contributed by atoms with van der Waals surface area (Å²) in [7, 11) is 0. The van der Waals surface area contributed by atoms with Crippen molar-refractivity contribution in [1.29, 1.82) is 0 Å². The van der Waals surface area contributed by atoms with Crippen molar-refractivity contribution in [3.8, 4) is 0 Å². The average molecular weight is 183 g/mol. The molecule has 2 N–H and O–H groups in total. The molecule has 12 heavy (non-hydrogen) atoms. The van der Waals surface area contributed by atoms with Gasteiger partial charge in [0.2, 0.25) is 0 Å². The lowest BCUT2D eigenvalue weighted by Crippen LogP contribution is -2.05. The Bertz CT molecular complexity index is 190. The Hall–Kier alpha value is -0.370. The van der Waals surface area contributed by atoms with E-state index in [0.29, 0.717) is 4.99 Å². The highest BCUT2D eigenvalue weighted by atomic mass is 32.1. The maximum absolute atomic E-state index is 5.42. The quantitative estimate of drug-likeness (QED) is 0.538. The van der Waals surface area contributed by atoms with Crippen molar-refractivity contribution < 1.29 is 0 Å². The largest absolute Gasteiger partial charge is 0.390 e. The van der Waals surface area contributed by atoms with Gasteiger partial charge in [0.25, 0.3) is 0 Å². The van der Waals surface area contributed by atoms with E-state index in [0.717, 1.165) is 5.92 Å². The van der Waals surface area contributed by atoms with Gasteiger partial charge >= 0.3 is 0 Å². The first-order chi connectivity index (χ1) is 5.68. The van der Waals surface area contributed by atoms with Crippen molar-refractivity contribution in [2.75, 3.05) is 0 Å². The smallest absolute Gasteiger partial charge is 0.0961 e. The van der Waals surface area contributed by atoms with Gasteiger partial charge in [0, 0.05) is 0 Å². The highest BCUT2D eigenvalue weighted by Gasteiger charge is 2.14. The van der Waals surface area contributed by atoms with Crippen LogP contribution in [0.25, 0.3) is 0 Å². The summed E-state index contributed by atoms with van der Waals surface area (Å²) in [6.45, 7) is 2.12. The van der Waals surface area contributed by atoms with Crippen LogP contribution in [0.3, 0.4) is 0 Å². The van der Waals surface area contributed by atoms with Crippen molar-refractivity contribution in [2.24, 2.45) is 11.7 Å². The van der Waals surface area contributed by atoms with Gasteiger partial charge in [0.05, 0.1) is 4.99 Å². The molecule has 1 fully saturated rings. The van der Waals surface area contributed by atoms with Crippen LogP contribution in [0.2, 0.25) is 0 Å². The van der Waals surface area contributed by atoms with Gasteiger partial charge in [-0.15, -0.1) is 0 Å². The third-order valence-electron chi connectivity index (χ3n) is 2.47. The normalized spacial score (nSPS) is 19.9. The minimum Gasteiger partial charge on any atom is -0.390 e. The van der Waals surface area contributed by atoms with E-state index in [1.807, 2.05) is 6.08 Å². The van der Waals surface area contributed by atoms with Crippen molar-refractivity contribution >= 4 is 17.2 Å². The molecule has 0 aliphatic heterocycles. The van der Waals surface area contributed by atoms with Crippen LogP contribution in [-0.4, -0.2) is 4.99 Å². The number of allylic oxidation sites excluding steroid dienone is 1. The molecule has 0 spiro atoms. The average Bonchev–Trinajstić information content (AvgIpc) is 2.37. The molecule has 0 aromatic carbocycles. The Labute approximate surface area is 80.0 Å². The molecule has 1 rings (SSSR count). The minimum absolute atomic E-state index is 0.519. The van der Waals surface area contributed by atoms with Crippen LogP contribution in [0.15, 0.2) is 11.6 Å². The predicted molar refractivity (Wildman–Crippen MR) is 57.1 cm³/mol. The molecule has 0 amide bonds. The zero-order valence-electron chi connectivity index (χ0n) is 7.68. The molecular weight excluding hydrogens is 166 g/mol. The summed E-state index contributed by atoms with van der Waals surface area (Å²) >= 11 is 4.81. The molecular formula is C10H17NS. The molecule has 1 aliphatic carbocycles. The molecule has 1 nitrogen and oxygen atoms in total. The molecule has 0 saturated heterocycles. The van der Waals surface area contributed by atoms with Gasteiger partial charge in [-0.05, 0) is 25.3 Å². The van der Waals surface area contributed by atoms with E-state index in [4.69, 9.17) is 18.0 Å². The van der Waals surface area contributed by atoms with E-state index in [1.165, 1.54) is 37.7 Å². The Morgan fingerprint density at radius 1 is 1.50 bits per heavy atom. The lowest BCUT2D eigenvalue weighted by molar-refractivity contribution is 0.544. The standard InChI is InChI=1S/C10H17NS/c1-8(7-10(11)12)6-9-4-2-3-5-9/h7,9H,2-6H2,1H3,(H2,11,12)/b8-7+. The van der Waals surface area contributed by atoms with Gasteiger partial charge in [-0.25, -0.2) is 0 Å². The van der Waals surface area contributed by atoms with Crippen LogP contribution in [0, 0.1) is 5.92 Å². The maximum atomic E-state index is 5.42. The molecule has 0 atom stereocenters. The fraction of sp³-hybridized carbons (Fsp3) is 0.700. The molecule has 2 heteroatoms. The summed E-state index contributed by atoms with van der Waals surface area (Å²) in [6, 6.07) is 0. The monoisotopic (exact) mass is 183 g/mol. The third-order valence-corrected chi connectivity index (χ3v) is 2.59. The minimum atomic E-state index is 0.519. The number of thiocarbonyl (C=S) groups is 1. The van der Waals surface area contributed by atoms with Gasteiger partial charge in [0.15, 0.2) is 0 Å². The van der Waals surface area contributed by atoms with Crippen molar-refractivity contribution in [1.82, 2.24) is 0 Å². The summed E-state index contributed by atoms with van der Waals surface area (Å²) in [4.78, 5) is 0.519. The Morgan fingerprint density at radius 2 is 2.08 bits per heavy atom. The molecule has 1 aliphatic rings. The second-order valence-corrected chi connectivity index (χ2v) is 4.22. The van der Waals surface area contributed by atoms with Gasteiger partial charge in [-0.1, -0.05) is 43.5 Å². The van der Waals surface area contributed by atoms with Crippen LogP contribution in [0.1, 0.15) is 39.0 Å². The van der Waals surface area contributed by atoms with E-state index >= 15 is 0 Å². The maximum Gasteiger partial charge on any atom is 0.0961 e. The predicted octanol–water partition coefficient (Wildman–Crippen LogP) is 2.80. The van der Waals surface area contributed by atoms with Gasteiger partial charge < -0.3 is 5.73 Å². The van der Waals surface area contributed by atoms with E-state index in [1.54, 1.807) is 0 Å². The first-order valence-electron chi connectivity index (χ1n) is 4.65. The van der Waals surface area contributed by atoms with Crippen LogP contribution in [0.5, 0.6) is 0 Å². The summed E-state index contributed by atoms with van der Waals surface area (Å²) in [5, 5.41) is 0. The Balaban J connectivity index is 2.34. The molecule has 0 unspecified atom stereocenters. The second-order valence-electron chi connectivity index (χ2n) is 3.75. The molecule has 1 saturated carbocycles. The fourth-order valence-corrected chi connectivity index (χ4v) is 2.17. The Kier molecular flexibility index (Phi) is 3.73. The molecule has 0 heterocycles. The highest BCUT2D eigenvalue weighted by molar-refractivity contribution is 7.80. The first kappa shape index (κ1) is 9.72. The third kappa shape index (κ3) is 3.35. The van der Waals surface area contributed by atoms with E-state index in [9.17, 15) is 0 Å². The number of hydrogen-bond acceptors (Lipinski definition) is 1. The van der Waals surface area contributed by atoms with E-state index < -0.39 is 0 Å². The fourth-order valence-electron chi connectivity index (χ4n) is 1.97.